The lowest BCUT2D eigenvalue weighted by atomic mass is 10.0. The molecule has 0 bridgehead atoms. The molecule has 0 amide bonds. The van der Waals surface area contributed by atoms with Crippen molar-refractivity contribution in [2.24, 2.45) is 5.73 Å². The number of nitriles is 1. The Bertz CT molecular complexity index is 1220. The Balaban J connectivity index is 1.31. The van der Waals surface area contributed by atoms with E-state index in [-0.39, 0.29) is 6.04 Å². The average molecular weight is 430 g/mol. The molecule has 0 aliphatic carbocycles. The normalized spacial score (nSPS) is 27.6. The van der Waals surface area contributed by atoms with Crippen LogP contribution in [0.5, 0.6) is 0 Å². The van der Waals surface area contributed by atoms with Gasteiger partial charge in [-0.05, 0) is 48.4 Å². The van der Waals surface area contributed by atoms with Gasteiger partial charge in [0.2, 0.25) is 0 Å². The minimum atomic E-state index is -0.462. The van der Waals surface area contributed by atoms with Crippen molar-refractivity contribution in [2.75, 3.05) is 36.0 Å². The van der Waals surface area contributed by atoms with Crippen LogP contribution in [0.2, 0.25) is 0 Å². The number of rotatable bonds is 2. The molecule has 0 radical (unpaired) electrons. The molecule has 8 heteroatoms. The summed E-state index contributed by atoms with van der Waals surface area (Å²) in [6.45, 7) is 6.35. The lowest BCUT2D eigenvalue weighted by Crippen LogP contribution is -2.51. The second-order valence-corrected chi connectivity index (χ2v) is 9.31. The third kappa shape index (κ3) is 2.89. The van der Waals surface area contributed by atoms with Crippen LogP contribution in [0.3, 0.4) is 0 Å². The number of aliphatic hydroxyl groups excluding tert-OH is 1. The van der Waals surface area contributed by atoms with Gasteiger partial charge in [-0.2, -0.15) is 10.4 Å². The molecule has 0 unspecified atom stereocenters. The molecule has 4 atom stereocenters. The SMILES string of the molecule is C[C@@H]1CN(c2ccc(C#N)n3nccc23)C[C@@H]2c3ccc(N4C[C@@H](N)[C@H](O)C4)cc3CN12. The molecule has 2 saturated heterocycles. The van der Waals surface area contributed by atoms with Crippen molar-refractivity contribution in [2.45, 2.75) is 37.7 Å². The number of hydrogen-bond acceptors (Lipinski definition) is 7. The molecule has 2 aromatic heterocycles. The second kappa shape index (κ2) is 7.20. The number of β-amino-alcohol motifs (C(OH)–C–C–N with tert-alkyl or cyclic N) is 1. The highest BCUT2D eigenvalue weighted by atomic mass is 16.3. The summed E-state index contributed by atoms with van der Waals surface area (Å²) in [4.78, 5) is 7.21. The summed E-state index contributed by atoms with van der Waals surface area (Å²) in [5.74, 6) is 0. The standard InChI is InChI=1S/C24H27N7O/c1-15-10-29(21-5-3-18(9-25)31-22(21)6-7-27-31)13-23-19-4-2-17(8-16(19)11-30(15)23)28-12-20(26)24(32)14-28/h2-8,15,20,23-24,32H,10-14,26H2,1H3/t15-,20-,23-,24-/m1/s1. The number of pyridine rings is 1. The minimum Gasteiger partial charge on any atom is -0.390 e. The molecule has 0 saturated carbocycles. The predicted octanol–water partition coefficient (Wildman–Crippen LogP) is 1.48. The maximum atomic E-state index is 10.1. The summed E-state index contributed by atoms with van der Waals surface area (Å²) in [7, 11) is 0. The van der Waals surface area contributed by atoms with Gasteiger partial charge in [0.05, 0.1) is 29.5 Å². The largest absolute Gasteiger partial charge is 0.390 e. The summed E-state index contributed by atoms with van der Waals surface area (Å²) >= 11 is 0. The molecule has 164 valence electrons. The van der Waals surface area contributed by atoms with E-state index < -0.39 is 6.10 Å². The Kier molecular flexibility index (Phi) is 4.40. The van der Waals surface area contributed by atoms with Crippen molar-refractivity contribution < 1.29 is 5.11 Å². The first-order valence-corrected chi connectivity index (χ1v) is 11.2. The summed E-state index contributed by atoms with van der Waals surface area (Å²) in [6, 6.07) is 15.4. The number of nitrogens with two attached hydrogens (primary N) is 1. The zero-order chi connectivity index (χ0) is 22.0. The highest BCUT2D eigenvalue weighted by Gasteiger charge is 2.40. The lowest BCUT2D eigenvalue weighted by molar-refractivity contribution is 0.134. The predicted molar refractivity (Wildman–Crippen MR) is 123 cm³/mol. The summed E-state index contributed by atoms with van der Waals surface area (Å²) in [6.07, 6.45) is 1.29. The van der Waals surface area contributed by atoms with Crippen LogP contribution in [-0.2, 0) is 6.54 Å². The number of aromatic nitrogens is 2. The highest BCUT2D eigenvalue weighted by Crippen LogP contribution is 2.42. The topological polar surface area (TPSA) is 97.1 Å². The van der Waals surface area contributed by atoms with E-state index in [1.165, 1.54) is 11.1 Å². The molecule has 2 fully saturated rings. The van der Waals surface area contributed by atoms with E-state index in [2.05, 4.69) is 57.1 Å². The van der Waals surface area contributed by atoms with E-state index in [1.807, 2.05) is 12.1 Å². The Morgan fingerprint density at radius 1 is 1.09 bits per heavy atom. The van der Waals surface area contributed by atoms with Crippen LogP contribution in [-0.4, -0.2) is 64.0 Å². The Labute approximate surface area is 187 Å². The van der Waals surface area contributed by atoms with Crippen molar-refractivity contribution in [3.05, 3.63) is 59.4 Å². The van der Waals surface area contributed by atoms with Gasteiger partial charge in [-0.15, -0.1) is 0 Å². The maximum absolute atomic E-state index is 10.1. The summed E-state index contributed by atoms with van der Waals surface area (Å²) < 4.78 is 1.73. The molecule has 3 aliphatic heterocycles. The molecule has 8 nitrogen and oxygen atoms in total. The number of anilines is 2. The van der Waals surface area contributed by atoms with Gasteiger partial charge in [0, 0.05) is 50.5 Å². The van der Waals surface area contributed by atoms with Gasteiger partial charge in [0.1, 0.15) is 11.8 Å². The zero-order valence-electron chi connectivity index (χ0n) is 18.1. The first-order valence-electron chi connectivity index (χ1n) is 11.2. The van der Waals surface area contributed by atoms with Gasteiger partial charge in [0.25, 0.3) is 0 Å². The first-order chi connectivity index (χ1) is 15.5. The Morgan fingerprint density at radius 2 is 1.97 bits per heavy atom. The van der Waals surface area contributed by atoms with Gasteiger partial charge in [-0.3, -0.25) is 4.90 Å². The molecule has 3 aliphatic rings. The molecular weight excluding hydrogens is 402 g/mol. The molecule has 5 heterocycles. The molecule has 6 rings (SSSR count). The molecule has 32 heavy (non-hydrogen) atoms. The quantitative estimate of drug-likeness (QED) is 0.637. The van der Waals surface area contributed by atoms with Crippen molar-refractivity contribution in [1.82, 2.24) is 14.5 Å². The van der Waals surface area contributed by atoms with Crippen molar-refractivity contribution in [3.8, 4) is 6.07 Å². The van der Waals surface area contributed by atoms with E-state index in [4.69, 9.17) is 5.73 Å². The van der Waals surface area contributed by atoms with Gasteiger partial charge in [-0.25, -0.2) is 4.52 Å². The van der Waals surface area contributed by atoms with Crippen LogP contribution in [0, 0.1) is 11.3 Å². The van der Waals surface area contributed by atoms with Gasteiger partial charge in [0.15, 0.2) is 0 Å². The highest BCUT2D eigenvalue weighted by molar-refractivity contribution is 5.74. The summed E-state index contributed by atoms with van der Waals surface area (Å²) in [5, 5.41) is 23.8. The van der Waals surface area contributed by atoms with Crippen molar-refractivity contribution >= 4 is 16.9 Å². The number of piperazine rings is 1. The van der Waals surface area contributed by atoms with Crippen LogP contribution in [0.1, 0.15) is 29.8 Å². The van der Waals surface area contributed by atoms with E-state index >= 15 is 0 Å². The fraction of sp³-hybridized carbons (Fsp3) is 0.417. The second-order valence-electron chi connectivity index (χ2n) is 9.31. The van der Waals surface area contributed by atoms with E-state index in [1.54, 1.807) is 10.7 Å². The van der Waals surface area contributed by atoms with E-state index in [0.29, 0.717) is 30.9 Å². The van der Waals surface area contributed by atoms with E-state index in [9.17, 15) is 10.4 Å². The van der Waals surface area contributed by atoms with Gasteiger partial charge >= 0.3 is 0 Å². The van der Waals surface area contributed by atoms with Crippen molar-refractivity contribution in [3.63, 3.8) is 0 Å². The maximum Gasteiger partial charge on any atom is 0.142 e. The van der Waals surface area contributed by atoms with Crippen LogP contribution in [0.4, 0.5) is 11.4 Å². The number of hydrogen-bond donors (Lipinski definition) is 2. The smallest absolute Gasteiger partial charge is 0.142 e. The van der Waals surface area contributed by atoms with Gasteiger partial charge in [-0.1, -0.05) is 6.07 Å². The Hall–Kier alpha value is -3.12. The fourth-order valence-corrected chi connectivity index (χ4v) is 5.68. The molecular formula is C24H27N7O. The lowest BCUT2D eigenvalue weighted by Gasteiger charge is -2.43. The first kappa shape index (κ1) is 19.6. The molecule has 3 N–H and O–H groups in total. The number of nitrogens with zero attached hydrogens (tertiary/aromatic N) is 6. The fourth-order valence-electron chi connectivity index (χ4n) is 5.68. The van der Waals surface area contributed by atoms with Crippen LogP contribution in [0.15, 0.2) is 42.6 Å². The van der Waals surface area contributed by atoms with E-state index in [0.717, 1.165) is 36.5 Å². The summed E-state index contributed by atoms with van der Waals surface area (Å²) in [5.41, 5.74) is 12.6. The molecule has 0 spiro atoms. The zero-order valence-corrected chi connectivity index (χ0v) is 18.1. The third-order valence-corrected chi connectivity index (χ3v) is 7.37. The minimum absolute atomic E-state index is 0.184. The van der Waals surface area contributed by atoms with Gasteiger partial charge < -0.3 is 20.6 Å². The monoisotopic (exact) mass is 429 g/mol. The average Bonchev–Trinajstić information content (AvgIpc) is 3.50. The number of benzene rings is 1. The third-order valence-electron chi connectivity index (χ3n) is 7.37. The van der Waals surface area contributed by atoms with Crippen LogP contribution < -0.4 is 15.5 Å². The van der Waals surface area contributed by atoms with Crippen molar-refractivity contribution in [1.29, 1.82) is 5.26 Å². The van der Waals surface area contributed by atoms with Crippen LogP contribution >= 0.6 is 0 Å². The molecule has 1 aromatic carbocycles. The molecule has 3 aromatic rings. The Morgan fingerprint density at radius 3 is 2.75 bits per heavy atom. The number of fused-ring (bicyclic) bond motifs is 4. The van der Waals surface area contributed by atoms with Crippen LogP contribution in [0.25, 0.3) is 5.52 Å². The number of aliphatic hydroxyl groups is 1.